The lowest BCUT2D eigenvalue weighted by atomic mass is 9.54. The molecule has 2 aromatic rings. The molecule has 0 saturated heterocycles. The molecule has 4 bridgehead atoms. The molecular weight excluding hydrogens is 429 g/mol. The average Bonchev–Trinajstić information content (AvgIpc) is 2.73. The normalized spacial score (nSPS) is 28.7. The first kappa shape index (κ1) is 21.4. The molecule has 4 aliphatic carbocycles. The van der Waals surface area contributed by atoms with Crippen LogP contribution in [0.4, 0.5) is 0 Å². The molecule has 0 atom stereocenters. The number of hydrogen-bond donors (Lipinski definition) is 1. The molecule has 0 aliphatic heterocycles. The zero-order valence-corrected chi connectivity index (χ0v) is 19.6. The van der Waals surface area contributed by atoms with E-state index in [1.807, 2.05) is 43.3 Å². The quantitative estimate of drug-likeness (QED) is 0.466. The van der Waals surface area contributed by atoms with E-state index in [9.17, 15) is 0 Å². The fourth-order valence-electron chi connectivity index (χ4n) is 6.37. The minimum absolute atomic E-state index is 0.419. The summed E-state index contributed by atoms with van der Waals surface area (Å²) >= 11 is 12.8. The van der Waals surface area contributed by atoms with Crippen molar-refractivity contribution in [1.82, 2.24) is 5.32 Å². The van der Waals surface area contributed by atoms with E-state index < -0.39 is 0 Å². The summed E-state index contributed by atoms with van der Waals surface area (Å²) < 4.78 is 11.9. The largest absolute Gasteiger partial charge is 0.490 e. The smallest absolute Gasteiger partial charge is 0.163 e. The molecule has 166 valence electrons. The van der Waals surface area contributed by atoms with Crippen LogP contribution >= 0.6 is 23.2 Å². The van der Waals surface area contributed by atoms with Gasteiger partial charge in [0.2, 0.25) is 0 Å². The lowest BCUT2D eigenvalue weighted by Crippen LogP contribution is -2.54. The first-order valence-corrected chi connectivity index (χ1v) is 12.4. The van der Waals surface area contributed by atoms with E-state index in [-0.39, 0.29) is 0 Å². The average molecular weight is 460 g/mol. The standard InChI is InChI=1S/C26H31Cl2NO2/c1-2-30-24-12-21(14-29-26-19-7-17-6-18(9-19)10-20(26)8-17)23(28)13-25(24)31-15-16-4-3-5-22(27)11-16/h3-5,11-13,17-20,26,29H,2,6-10,14-15H2,1H3. The number of nitrogens with one attached hydrogen (secondary N) is 1. The SMILES string of the molecule is CCOc1cc(CNC2C3CC4CC(C3)CC2C4)c(Cl)cc1OCc1cccc(Cl)c1. The van der Waals surface area contributed by atoms with Gasteiger partial charge in [-0.25, -0.2) is 0 Å². The number of benzene rings is 2. The summed E-state index contributed by atoms with van der Waals surface area (Å²) in [7, 11) is 0. The molecule has 6 rings (SSSR count). The highest BCUT2D eigenvalue weighted by molar-refractivity contribution is 6.31. The summed E-state index contributed by atoms with van der Waals surface area (Å²) in [5.74, 6) is 5.10. The monoisotopic (exact) mass is 459 g/mol. The number of rotatable bonds is 8. The summed E-state index contributed by atoms with van der Waals surface area (Å²) in [6.07, 6.45) is 7.15. The Bertz CT molecular complexity index is 904. The Balaban J connectivity index is 1.27. The van der Waals surface area contributed by atoms with Gasteiger partial charge in [-0.1, -0.05) is 35.3 Å². The van der Waals surface area contributed by atoms with Gasteiger partial charge in [0.25, 0.3) is 0 Å². The highest BCUT2D eigenvalue weighted by atomic mass is 35.5. The lowest BCUT2D eigenvalue weighted by Gasteiger charge is -2.54. The highest BCUT2D eigenvalue weighted by Gasteiger charge is 2.47. The van der Waals surface area contributed by atoms with Gasteiger partial charge in [0.15, 0.2) is 11.5 Å². The van der Waals surface area contributed by atoms with E-state index in [0.717, 1.165) is 52.1 Å². The van der Waals surface area contributed by atoms with Gasteiger partial charge in [0, 0.05) is 28.7 Å². The molecule has 0 radical (unpaired) electrons. The molecule has 0 aromatic heterocycles. The Morgan fingerprint density at radius 2 is 1.61 bits per heavy atom. The van der Waals surface area contributed by atoms with Crippen LogP contribution in [0, 0.1) is 23.7 Å². The van der Waals surface area contributed by atoms with Crippen molar-refractivity contribution >= 4 is 23.2 Å². The zero-order chi connectivity index (χ0) is 21.4. The van der Waals surface area contributed by atoms with Crippen molar-refractivity contribution < 1.29 is 9.47 Å². The predicted octanol–water partition coefficient (Wildman–Crippen LogP) is 6.89. The summed E-state index contributed by atoms with van der Waals surface area (Å²) in [5, 5.41) is 5.31. The fraction of sp³-hybridized carbons (Fsp3) is 0.538. The molecule has 4 fully saturated rings. The van der Waals surface area contributed by atoms with Gasteiger partial charge in [-0.2, -0.15) is 0 Å². The third kappa shape index (κ3) is 4.69. The van der Waals surface area contributed by atoms with Crippen molar-refractivity contribution in [1.29, 1.82) is 0 Å². The predicted molar refractivity (Wildman–Crippen MR) is 126 cm³/mol. The number of ether oxygens (including phenoxy) is 2. The van der Waals surface area contributed by atoms with Crippen LogP contribution in [0.15, 0.2) is 36.4 Å². The van der Waals surface area contributed by atoms with Crippen LogP contribution in [0.5, 0.6) is 11.5 Å². The van der Waals surface area contributed by atoms with Crippen LogP contribution in [0.2, 0.25) is 10.0 Å². The van der Waals surface area contributed by atoms with Crippen molar-refractivity contribution in [2.75, 3.05) is 6.61 Å². The van der Waals surface area contributed by atoms with E-state index in [1.54, 1.807) is 0 Å². The summed E-state index contributed by atoms with van der Waals surface area (Å²) in [6, 6.07) is 12.3. The Morgan fingerprint density at radius 1 is 0.903 bits per heavy atom. The maximum absolute atomic E-state index is 6.68. The van der Waals surface area contributed by atoms with Crippen molar-refractivity contribution in [3.05, 3.63) is 57.6 Å². The zero-order valence-electron chi connectivity index (χ0n) is 18.1. The minimum atomic E-state index is 0.419. The Hall–Kier alpha value is -1.42. The van der Waals surface area contributed by atoms with Gasteiger partial charge in [0.1, 0.15) is 6.61 Å². The maximum Gasteiger partial charge on any atom is 0.163 e. The molecule has 5 heteroatoms. The molecule has 1 N–H and O–H groups in total. The number of halogens is 2. The van der Waals surface area contributed by atoms with Crippen LogP contribution in [-0.4, -0.2) is 12.6 Å². The topological polar surface area (TPSA) is 30.5 Å². The maximum atomic E-state index is 6.68. The first-order chi connectivity index (χ1) is 15.1. The molecule has 0 unspecified atom stereocenters. The Kier molecular flexibility index (Phi) is 6.37. The molecule has 0 amide bonds. The van der Waals surface area contributed by atoms with Gasteiger partial charge < -0.3 is 14.8 Å². The molecule has 0 heterocycles. The molecule has 4 saturated carbocycles. The number of hydrogen-bond acceptors (Lipinski definition) is 3. The van der Waals surface area contributed by atoms with E-state index in [0.29, 0.717) is 30.0 Å². The molecule has 4 aliphatic rings. The summed E-state index contributed by atoms with van der Waals surface area (Å²) in [4.78, 5) is 0. The summed E-state index contributed by atoms with van der Waals surface area (Å²) in [6.45, 7) is 3.77. The summed E-state index contributed by atoms with van der Waals surface area (Å²) in [5.41, 5.74) is 2.09. The first-order valence-electron chi connectivity index (χ1n) is 11.6. The second kappa shape index (κ2) is 9.21. The van der Waals surface area contributed by atoms with Gasteiger partial charge >= 0.3 is 0 Å². The van der Waals surface area contributed by atoms with Gasteiger partial charge in [-0.15, -0.1) is 0 Å². The van der Waals surface area contributed by atoms with Crippen molar-refractivity contribution in [3.8, 4) is 11.5 Å². The van der Waals surface area contributed by atoms with Crippen molar-refractivity contribution in [2.24, 2.45) is 23.7 Å². The second-order valence-electron chi connectivity index (χ2n) is 9.58. The van der Waals surface area contributed by atoms with Crippen LogP contribution in [-0.2, 0) is 13.2 Å². The van der Waals surface area contributed by atoms with Crippen LogP contribution in [0.3, 0.4) is 0 Å². The Morgan fingerprint density at radius 3 is 2.29 bits per heavy atom. The van der Waals surface area contributed by atoms with Crippen LogP contribution in [0.1, 0.15) is 50.2 Å². The minimum Gasteiger partial charge on any atom is -0.490 e. The molecule has 31 heavy (non-hydrogen) atoms. The van der Waals surface area contributed by atoms with Crippen molar-refractivity contribution in [2.45, 2.75) is 58.2 Å². The van der Waals surface area contributed by atoms with E-state index in [4.69, 9.17) is 32.7 Å². The molecule has 0 spiro atoms. The van der Waals surface area contributed by atoms with E-state index >= 15 is 0 Å². The Labute approximate surface area is 195 Å². The lowest BCUT2D eigenvalue weighted by molar-refractivity contribution is -0.0142. The van der Waals surface area contributed by atoms with Gasteiger partial charge in [-0.05, 0) is 92.0 Å². The highest BCUT2D eigenvalue weighted by Crippen LogP contribution is 2.53. The molecule has 2 aromatic carbocycles. The van der Waals surface area contributed by atoms with E-state index in [1.165, 1.54) is 32.1 Å². The fourth-order valence-corrected chi connectivity index (χ4v) is 6.80. The second-order valence-corrected chi connectivity index (χ2v) is 10.4. The third-order valence-corrected chi connectivity index (χ3v) is 8.04. The molecule has 3 nitrogen and oxygen atoms in total. The van der Waals surface area contributed by atoms with E-state index in [2.05, 4.69) is 5.32 Å². The third-order valence-electron chi connectivity index (χ3n) is 7.45. The molecular formula is C26H31Cl2NO2. The van der Waals surface area contributed by atoms with Gasteiger partial charge in [-0.3, -0.25) is 0 Å². The van der Waals surface area contributed by atoms with Crippen molar-refractivity contribution in [3.63, 3.8) is 0 Å². The van der Waals surface area contributed by atoms with Crippen LogP contribution < -0.4 is 14.8 Å². The van der Waals surface area contributed by atoms with Crippen LogP contribution in [0.25, 0.3) is 0 Å². The van der Waals surface area contributed by atoms with Gasteiger partial charge in [0.05, 0.1) is 6.61 Å².